The summed E-state index contributed by atoms with van der Waals surface area (Å²) in [6.45, 7) is -16.3. The second-order valence-electron chi connectivity index (χ2n) is 4.49. The third-order valence-electron chi connectivity index (χ3n) is 2.95. The van der Waals surface area contributed by atoms with E-state index in [2.05, 4.69) is 4.98 Å². The molecule has 0 spiro atoms. The number of aromatic nitrogens is 2. The molecule has 1 unspecified atom stereocenters. The van der Waals surface area contributed by atoms with E-state index in [-0.39, 0.29) is 4.40 Å². The van der Waals surface area contributed by atoms with Crippen LogP contribution in [-0.2, 0) is 6.37 Å². The van der Waals surface area contributed by atoms with Gasteiger partial charge in [0, 0.05) is 45.7 Å². The monoisotopic (exact) mass is 339 g/mol. The van der Waals surface area contributed by atoms with Crippen molar-refractivity contribution in [2.45, 2.75) is 57.7 Å². The van der Waals surface area contributed by atoms with Crippen LogP contribution in [0.25, 0.3) is 5.65 Å². The van der Waals surface area contributed by atoms with Crippen LogP contribution in [0.15, 0.2) is 30.5 Å². The molecule has 5 heteroatoms. The van der Waals surface area contributed by atoms with Gasteiger partial charge in [0.05, 0.1) is 23.2 Å². The van der Waals surface area contributed by atoms with Crippen LogP contribution in [0.4, 0.5) is 4.79 Å². The fraction of sp³-hybridized carbons (Fsp3) is 0.556. The molecule has 1 fully saturated rings. The Labute approximate surface area is 169 Å². The zero-order valence-electron chi connectivity index (χ0n) is 34.4. The number of hydrogen-bond acceptors (Lipinski definition) is 2. The number of quaternary nitrogens is 1. The number of nitrogens with zero attached hydrogens (tertiary/aromatic N) is 3. The van der Waals surface area contributed by atoms with Gasteiger partial charge in [-0.05, 0) is 45.4 Å². The predicted octanol–water partition coefficient (Wildman–Crippen LogP) is 3.72. The lowest BCUT2D eigenvalue weighted by molar-refractivity contribution is -0.931. The molecule has 1 saturated heterocycles. The number of piperidine rings is 1. The van der Waals surface area contributed by atoms with Crippen molar-refractivity contribution in [1.82, 2.24) is 9.38 Å². The van der Waals surface area contributed by atoms with E-state index in [1.807, 2.05) is 0 Å². The van der Waals surface area contributed by atoms with Crippen LogP contribution in [0.5, 0.6) is 0 Å². The van der Waals surface area contributed by atoms with Gasteiger partial charge in [0.25, 0.3) is 0 Å². The molecule has 0 saturated carbocycles. The molecule has 2 aromatic heterocycles. The summed E-state index contributed by atoms with van der Waals surface area (Å²) in [4.78, 5) is 17.1. The number of amides is 1. The zero-order chi connectivity index (χ0) is 36.6. The Morgan fingerprint density at radius 2 is 2.57 bits per heavy atom. The summed E-state index contributed by atoms with van der Waals surface area (Å²) in [5.74, 6) is 0. The number of imidazole rings is 1. The second-order valence-corrected chi connectivity index (χ2v) is 4.49. The largest absolute Gasteiger partial charge is 0.514 e. The highest BCUT2D eigenvalue weighted by Gasteiger charge is 2.54. The van der Waals surface area contributed by atoms with Gasteiger partial charge in [-0.15, -0.1) is 0 Å². The Bertz CT molecular complexity index is 1590. The number of pyridine rings is 1. The first-order chi connectivity index (χ1) is 20.2. The number of carbonyl (C=O) groups is 1. The van der Waals surface area contributed by atoms with Crippen molar-refractivity contribution in [1.29, 1.82) is 0 Å². The van der Waals surface area contributed by atoms with Crippen molar-refractivity contribution in [3.8, 4) is 0 Å². The third-order valence-corrected chi connectivity index (χ3v) is 2.95. The maximum atomic E-state index is 13.6. The number of fused-ring (bicyclic) bond motifs is 1. The quantitative estimate of drug-likeness (QED) is 0.848. The Balaban J connectivity index is 2.89. The summed E-state index contributed by atoms with van der Waals surface area (Å²) < 4.78 is 189. The van der Waals surface area contributed by atoms with Gasteiger partial charge >= 0.3 is 6.09 Å². The fourth-order valence-corrected chi connectivity index (χ4v) is 1.89. The molecule has 1 N–H and O–H groups in total. The number of carboxylic acid groups (broad SMARTS) is 1. The highest BCUT2D eigenvalue weighted by molar-refractivity contribution is 5.58. The minimum absolute atomic E-state index is 0.209. The molecule has 1 amide bonds. The molecule has 5 nitrogen and oxygen atoms in total. The topological polar surface area (TPSA) is 54.6 Å². The molecule has 3 heterocycles. The average molecular weight is 340 g/mol. The maximum Gasteiger partial charge on any atom is 0.514 e. The summed E-state index contributed by atoms with van der Waals surface area (Å²) in [5, 5.41) is 10.8. The maximum absolute atomic E-state index is 13.6. The van der Waals surface area contributed by atoms with Crippen LogP contribution >= 0.6 is 0 Å². The van der Waals surface area contributed by atoms with Gasteiger partial charge in [-0.25, -0.2) is 9.47 Å². The van der Waals surface area contributed by atoms with E-state index < -0.39 is 117 Å². The van der Waals surface area contributed by atoms with Crippen molar-refractivity contribution in [3.05, 3.63) is 36.2 Å². The van der Waals surface area contributed by atoms with Crippen molar-refractivity contribution in [2.75, 3.05) is 6.50 Å². The minimum atomic E-state index is -5.11. The van der Waals surface area contributed by atoms with Gasteiger partial charge in [0.15, 0.2) is 0 Å². The molecule has 2 atom stereocenters. The summed E-state index contributed by atoms with van der Waals surface area (Å²) in [5.41, 5.74) is -7.39. The highest BCUT2D eigenvalue weighted by atomic mass is 16.4. The average Bonchev–Trinajstić information content (AvgIpc) is 3.23. The molecule has 1 aliphatic rings. The summed E-state index contributed by atoms with van der Waals surface area (Å²) >= 11 is 0. The number of likely N-dealkylation sites (tertiary alicyclic amines) is 1. The molecule has 3 rings (SSSR count). The van der Waals surface area contributed by atoms with Crippen LogP contribution in [0.3, 0.4) is 0 Å². The van der Waals surface area contributed by atoms with Crippen molar-refractivity contribution in [2.24, 2.45) is 0 Å². The lowest BCUT2D eigenvalue weighted by Crippen LogP contribution is -2.70. The second kappa shape index (κ2) is 5.64. The van der Waals surface area contributed by atoms with Gasteiger partial charge in [0.2, 0.25) is 0 Å². The first-order valence-corrected chi connectivity index (χ1v) is 6.04. The standard InChI is InChI=1S/C18H25N3O2/c1-18(2,3)21(17(22)23)11-7-5-8-15(21)12-14-13-20-10-6-4-9-16(20)19-14/h4,6,9-10,13,15H,5,7-8,11-12H2,1-3H3/p+1/t15-,21?/m0/s1/i1D,2D3,3D3,4D,5D2,6D,7D2,8D2,9D,10D,11D2,12D2,13D,15D. The van der Waals surface area contributed by atoms with Crippen LogP contribution in [0.1, 0.15) is 76.9 Å². The van der Waals surface area contributed by atoms with Crippen LogP contribution < -0.4 is 0 Å². The highest BCUT2D eigenvalue weighted by Crippen LogP contribution is 2.37. The van der Waals surface area contributed by atoms with Gasteiger partial charge < -0.3 is 9.51 Å². The first kappa shape index (κ1) is 4.02. The Hall–Kier alpha value is -1.88. The molecule has 0 aromatic carbocycles. The van der Waals surface area contributed by atoms with Crippen LogP contribution in [-0.4, -0.2) is 43.1 Å². The van der Waals surface area contributed by atoms with E-state index in [9.17, 15) is 11.3 Å². The Morgan fingerprint density at radius 3 is 3.30 bits per heavy atom. The van der Waals surface area contributed by atoms with E-state index in [1.54, 1.807) is 0 Å². The molecule has 0 radical (unpaired) electrons. The predicted molar refractivity (Wildman–Crippen MR) is 89.4 cm³/mol. The first-order valence-electron chi connectivity index (χ1n) is 17.8. The van der Waals surface area contributed by atoms with Gasteiger partial charge in [-0.1, -0.05) is 6.04 Å². The van der Waals surface area contributed by atoms with Gasteiger partial charge in [0.1, 0.15) is 17.2 Å². The van der Waals surface area contributed by atoms with Gasteiger partial charge in [-0.3, -0.25) is 0 Å². The zero-order valence-corrected chi connectivity index (χ0v) is 11.4. The molecule has 0 aliphatic carbocycles. The molecular weight excluding hydrogens is 290 g/mol. The summed E-state index contributed by atoms with van der Waals surface area (Å²) in [7, 11) is 0. The summed E-state index contributed by atoms with van der Waals surface area (Å²) in [6, 6.07) is -8.20. The molecular formula is C18H26N3O2+. The Kier molecular flexibility index (Phi) is 0.985. The van der Waals surface area contributed by atoms with E-state index in [4.69, 9.17) is 30.2 Å². The molecule has 124 valence electrons. The van der Waals surface area contributed by atoms with Crippen LogP contribution in [0.2, 0.25) is 0 Å². The lowest BCUT2D eigenvalue weighted by atomic mass is 9.88. The third kappa shape index (κ3) is 2.63. The molecule has 2 aromatic rings. The smallest absolute Gasteiger partial charge is 0.435 e. The van der Waals surface area contributed by atoms with Crippen molar-refractivity contribution >= 4 is 11.7 Å². The summed E-state index contributed by atoms with van der Waals surface area (Å²) in [6.07, 6.45) is -24.4. The molecule has 23 heavy (non-hydrogen) atoms. The van der Waals surface area contributed by atoms with Crippen molar-refractivity contribution < 1.29 is 45.9 Å². The number of rotatable bonds is 2. The Morgan fingerprint density at radius 1 is 1.70 bits per heavy atom. The van der Waals surface area contributed by atoms with E-state index >= 15 is 0 Å². The van der Waals surface area contributed by atoms with E-state index in [1.165, 1.54) is 0 Å². The SMILES string of the molecule is [2H]CC(C([2H])([2H])[2H])(C([2H])([2H])[2H])[N+]1(C(=O)O)C([2H])([2H])C([2H])([2H])C([2H])([2H])C([2H])([2H])[C@@]1([2H])C([2H])([2H])c1nc2c([2H])c([2H])c([2H])c([2H])n2c1[2H]. The molecule has 0 bridgehead atoms. The fourth-order valence-electron chi connectivity index (χ4n) is 1.89. The van der Waals surface area contributed by atoms with Crippen LogP contribution in [0, 0.1) is 0 Å². The lowest BCUT2D eigenvalue weighted by Gasteiger charge is -2.51. The number of hydrogen-bond donors (Lipinski definition) is 1. The van der Waals surface area contributed by atoms with Crippen molar-refractivity contribution in [3.63, 3.8) is 0 Å². The molecule has 1 aliphatic heterocycles. The minimum Gasteiger partial charge on any atom is -0.435 e. The van der Waals surface area contributed by atoms with Gasteiger partial charge in [-0.2, -0.15) is 4.79 Å². The normalized spacial score (nSPS) is 53.8. The van der Waals surface area contributed by atoms with E-state index in [0.717, 1.165) is 0 Å². The van der Waals surface area contributed by atoms with E-state index in [0.29, 0.717) is 0 Å².